The Morgan fingerprint density at radius 2 is 1.80 bits per heavy atom. The van der Waals surface area contributed by atoms with Crippen LogP contribution in [-0.2, 0) is 14.8 Å². The zero-order valence-electron chi connectivity index (χ0n) is 36.8. The number of fused-ring (bicyclic) bond motifs is 1. The molecule has 5 aromatic rings. The molecule has 64 heavy (non-hydrogen) atoms. The van der Waals surface area contributed by atoms with E-state index in [0.29, 0.717) is 48.3 Å². The molecule has 2 saturated heterocycles. The van der Waals surface area contributed by atoms with Crippen LogP contribution in [0.25, 0.3) is 11.0 Å². The van der Waals surface area contributed by atoms with Crippen molar-refractivity contribution in [3.05, 3.63) is 106 Å². The van der Waals surface area contributed by atoms with Gasteiger partial charge in [0, 0.05) is 61.6 Å². The first-order valence-electron chi connectivity index (χ1n) is 22.7. The first-order valence-corrected chi connectivity index (χ1v) is 24.2. The number of pyridine rings is 2. The summed E-state index contributed by atoms with van der Waals surface area (Å²) < 4.78 is 41.9. The number of morpholine rings is 1. The molecule has 2 aromatic carbocycles. The van der Waals surface area contributed by atoms with Crippen molar-refractivity contribution in [2.45, 2.75) is 95.0 Å². The van der Waals surface area contributed by atoms with Gasteiger partial charge >= 0.3 is 5.69 Å². The molecule has 2 saturated carbocycles. The third kappa shape index (κ3) is 9.18. The number of nitro groups is 1. The molecule has 2 aliphatic heterocycles. The lowest BCUT2D eigenvalue weighted by molar-refractivity contribution is -0.384. The number of carbonyl (C=O) groups is 1. The van der Waals surface area contributed by atoms with Crippen LogP contribution in [0.5, 0.6) is 11.5 Å². The van der Waals surface area contributed by atoms with Crippen molar-refractivity contribution in [3.63, 3.8) is 0 Å². The van der Waals surface area contributed by atoms with Crippen molar-refractivity contribution in [1.29, 1.82) is 0 Å². The minimum absolute atomic E-state index is 0.0112. The van der Waals surface area contributed by atoms with E-state index in [1.54, 1.807) is 24.4 Å². The standard InChI is InChI=1S/C48H58N8O7S/c1-31(2)39-6-4-5-7-40(39)43-30-62-21-20-55(43)36-25-48(26-36)15-18-54(19-16-48)35-12-13-41(44(23-35)63-37-22-34-14-17-49-45(34)51-28-37)47(57)53-64(60,61)38-24-42(56(58)59)46(52-29-38)50-27-33-10-8-32(3)9-11-33/h4-7,12-14,17,22-24,28-29,31-33,36,43H,8-11,15-16,18-21,25-27,30H2,1-3H3,(H,49,51)(H,50,52)(H,53,57)/t32-,33+,43-/m0/s1. The summed E-state index contributed by atoms with van der Waals surface area (Å²) in [6.45, 7) is 11.3. The lowest BCUT2D eigenvalue weighted by atomic mass is 9.59. The first-order chi connectivity index (χ1) is 30.8. The van der Waals surface area contributed by atoms with Crippen molar-refractivity contribution in [1.82, 2.24) is 24.6 Å². The molecule has 16 heteroatoms. The van der Waals surface area contributed by atoms with E-state index >= 15 is 0 Å². The number of piperidine rings is 1. The molecule has 0 unspecified atom stereocenters. The van der Waals surface area contributed by atoms with Crippen LogP contribution in [0.3, 0.4) is 0 Å². The van der Waals surface area contributed by atoms with Crippen molar-refractivity contribution in [3.8, 4) is 11.5 Å². The van der Waals surface area contributed by atoms with Crippen LogP contribution >= 0.6 is 0 Å². The highest BCUT2D eigenvalue weighted by molar-refractivity contribution is 7.90. The van der Waals surface area contributed by atoms with Gasteiger partial charge in [-0.2, -0.15) is 0 Å². The number of amides is 1. The number of aromatic nitrogens is 3. The second-order valence-corrected chi connectivity index (χ2v) is 20.5. The molecule has 0 bridgehead atoms. The summed E-state index contributed by atoms with van der Waals surface area (Å²) in [6.07, 6.45) is 12.9. The molecule has 15 nitrogen and oxygen atoms in total. The number of benzene rings is 2. The highest BCUT2D eigenvalue weighted by Crippen LogP contribution is 2.53. The van der Waals surface area contributed by atoms with Crippen molar-refractivity contribution in [2.75, 3.05) is 49.6 Å². The molecular formula is C48H58N8O7S. The topological polar surface area (TPSA) is 185 Å². The van der Waals surface area contributed by atoms with Gasteiger partial charge in [-0.3, -0.25) is 19.8 Å². The molecule has 9 rings (SSSR count). The highest BCUT2D eigenvalue weighted by atomic mass is 32.2. The minimum Gasteiger partial charge on any atom is -0.455 e. The van der Waals surface area contributed by atoms with Gasteiger partial charge in [0.15, 0.2) is 0 Å². The van der Waals surface area contributed by atoms with E-state index in [1.165, 1.54) is 17.3 Å². The third-order valence-corrected chi connectivity index (χ3v) is 15.5. The summed E-state index contributed by atoms with van der Waals surface area (Å²) in [7, 11) is -4.60. The van der Waals surface area contributed by atoms with E-state index in [4.69, 9.17) is 9.47 Å². The Morgan fingerprint density at radius 1 is 1.02 bits per heavy atom. The van der Waals surface area contributed by atoms with Gasteiger partial charge < -0.3 is 24.7 Å². The van der Waals surface area contributed by atoms with Crippen LogP contribution < -0.4 is 19.7 Å². The number of hydrogen-bond acceptors (Lipinski definition) is 12. The van der Waals surface area contributed by atoms with E-state index in [0.717, 1.165) is 101 Å². The second-order valence-electron chi connectivity index (χ2n) is 18.8. The van der Waals surface area contributed by atoms with Gasteiger partial charge in [-0.1, -0.05) is 57.9 Å². The van der Waals surface area contributed by atoms with Crippen LogP contribution in [-0.4, -0.2) is 84.5 Å². The van der Waals surface area contributed by atoms with Gasteiger partial charge in [0.2, 0.25) is 5.82 Å². The molecule has 3 aromatic heterocycles. The molecule has 1 spiro atoms. The summed E-state index contributed by atoms with van der Waals surface area (Å²) in [5, 5.41) is 16.0. The van der Waals surface area contributed by atoms with Crippen LogP contribution in [0.2, 0.25) is 0 Å². The first kappa shape index (κ1) is 43.7. The number of hydrogen-bond donors (Lipinski definition) is 3. The minimum atomic E-state index is -4.60. The largest absolute Gasteiger partial charge is 0.455 e. The number of rotatable bonds is 13. The fraction of sp³-hybridized carbons (Fsp3) is 0.479. The predicted molar refractivity (Wildman–Crippen MR) is 245 cm³/mol. The molecule has 5 heterocycles. The van der Waals surface area contributed by atoms with E-state index in [1.807, 2.05) is 12.1 Å². The Balaban J connectivity index is 0.901. The van der Waals surface area contributed by atoms with Crippen LogP contribution in [0.1, 0.15) is 106 Å². The van der Waals surface area contributed by atoms with Gasteiger partial charge in [0.25, 0.3) is 15.9 Å². The maximum Gasteiger partial charge on any atom is 0.312 e. The smallest absolute Gasteiger partial charge is 0.312 e. The Morgan fingerprint density at radius 3 is 2.56 bits per heavy atom. The van der Waals surface area contributed by atoms with Gasteiger partial charge in [-0.25, -0.2) is 23.1 Å². The van der Waals surface area contributed by atoms with Crippen LogP contribution in [0.15, 0.2) is 84.1 Å². The van der Waals surface area contributed by atoms with E-state index < -0.39 is 31.4 Å². The molecule has 1 atom stereocenters. The summed E-state index contributed by atoms with van der Waals surface area (Å²) in [6, 6.07) is 19.3. The van der Waals surface area contributed by atoms with Crippen LogP contribution in [0, 0.1) is 27.4 Å². The molecule has 0 radical (unpaired) electrons. The van der Waals surface area contributed by atoms with Crippen molar-refractivity contribution in [2.24, 2.45) is 17.3 Å². The Kier molecular flexibility index (Phi) is 12.4. The van der Waals surface area contributed by atoms with Gasteiger partial charge in [0.05, 0.1) is 42.1 Å². The number of anilines is 2. The molecular weight excluding hydrogens is 833 g/mol. The van der Waals surface area contributed by atoms with Gasteiger partial charge in [-0.05, 0) is 97.1 Å². The zero-order chi connectivity index (χ0) is 44.6. The average molecular weight is 891 g/mol. The number of aromatic amines is 1. The Hall–Kier alpha value is -5.58. The van der Waals surface area contributed by atoms with Crippen molar-refractivity contribution >= 4 is 44.2 Å². The fourth-order valence-corrected chi connectivity index (χ4v) is 11.4. The number of sulfonamides is 1. The number of H-pyrrole nitrogens is 1. The maximum absolute atomic E-state index is 14.0. The molecule has 4 aliphatic rings. The highest BCUT2D eigenvalue weighted by Gasteiger charge is 2.49. The number of carbonyl (C=O) groups excluding carboxylic acids is 1. The molecule has 1 amide bonds. The van der Waals surface area contributed by atoms with E-state index in [9.17, 15) is 23.3 Å². The second kappa shape index (κ2) is 18.1. The summed E-state index contributed by atoms with van der Waals surface area (Å²) in [5.41, 5.74) is 4.03. The van der Waals surface area contributed by atoms with Crippen molar-refractivity contribution < 1.29 is 27.6 Å². The summed E-state index contributed by atoms with van der Waals surface area (Å²) in [5.74, 6) is 0.987. The lowest BCUT2D eigenvalue weighted by Crippen LogP contribution is -2.58. The summed E-state index contributed by atoms with van der Waals surface area (Å²) in [4.78, 5) is 41.5. The third-order valence-electron chi connectivity index (χ3n) is 14.2. The number of ether oxygens (including phenoxy) is 2. The SMILES string of the molecule is CC(C)c1ccccc1[C@@H]1COCCN1C1CC2(CCN(c3ccc(C(=O)NS(=O)(=O)c4cnc(NC[C@H]5CC[C@@H](C)CC5)c([N+](=O)[O-])c4)c(Oc4cnc5[nH]ccc5c4)c3)CC2)C1. The van der Waals surface area contributed by atoms with E-state index in [2.05, 4.69) is 79.8 Å². The zero-order valence-corrected chi connectivity index (χ0v) is 37.6. The molecule has 4 fully saturated rings. The average Bonchev–Trinajstić information content (AvgIpc) is 3.76. The summed E-state index contributed by atoms with van der Waals surface area (Å²) >= 11 is 0. The molecule has 3 N–H and O–H groups in total. The number of nitrogens with zero attached hydrogens (tertiary/aromatic N) is 5. The molecule has 338 valence electrons. The van der Waals surface area contributed by atoms with E-state index in [-0.39, 0.29) is 28.6 Å². The van der Waals surface area contributed by atoms with Gasteiger partial charge in [0.1, 0.15) is 22.0 Å². The van der Waals surface area contributed by atoms with Gasteiger partial charge in [-0.15, -0.1) is 0 Å². The lowest BCUT2D eigenvalue weighted by Gasteiger charge is -2.57. The Labute approximate surface area is 374 Å². The van der Waals surface area contributed by atoms with Crippen LogP contribution in [0.4, 0.5) is 17.2 Å². The monoisotopic (exact) mass is 890 g/mol. The fourth-order valence-electron chi connectivity index (χ4n) is 10.4. The molecule has 2 aliphatic carbocycles. The maximum atomic E-state index is 14.0. The number of nitrogens with one attached hydrogen (secondary N) is 3. The quantitative estimate of drug-likeness (QED) is 0.0754. The Bertz CT molecular complexity index is 2610. The normalized spacial score (nSPS) is 21.8. The predicted octanol–water partition coefficient (Wildman–Crippen LogP) is 8.96.